The van der Waals surface area contributed by atoms with Crippen LogP contribution in [0.25, 0.3) is 10.9 Å². The number of amides is 1. The van der Waals surface area contributed by atoms with Crippen LogP contribution in [-0.2, 0) is 17.4 Å². The molecule has 0 aliphatic heterocycles. The van der Waals surface area contributed by atoms with E-state index in [2.05, 4.69) is 15.6 Å². The van der Waals surface area contributed by atoms with Crippen molar-refractivity contribution in [2.75, 3.05) is 19.0 Å². The van der Waals surface area contributed by atoms with E-state index < -0.39 is 11.7 Å². The number of rotatable bonds is 7. The lowest BCUT2D eigenvalue weighted by Crippen LogP contribution is -2.20. The van der Waals surface area contributed by atoms with Crippen molar-refractivity contribution in [3.05, 3.63) is 59.8 Å². The fourth-order valence-corrected chi connectivity index (χ4v) is 3.48. The molecule has 1 fully saturated rings. The molecule has 0 saturated heterocycles. The molecule has 158 valence electrons. The summed E-state index contributed by atoms with van der Waals surface area (Å²) >= 11 is 0. The minimum atomic E-state index is -4.36. The highest BCUT2D eigenvalue weighted by molar-refractivity contribution is 6.03. The Morgan fingerprint density at radius 1 is 1.20 bits per heavy atom. The molecule has 30 heavy (non-hydrogen) atoms. The van der Waals surface area contributed by atoms with Crippen LogP contribution in [0.15, 0.2) is 48.7 Å². The van der Waals surface area contributed by atoms with Crippen LogP contribution in [0.4, 0.5) is 18.9 Å². The fraction of sp³-hybridized carbons (Fsp3) is 0.318. The number of hydrogen-bond donors (Lipinski definition) is 3. The molecule has 3 N–H and O–H groups in total. The molecular formula is C22H22F3N3O2. The normalized spacial score (nSPS) is 18.4. The van der Waals surface area contributed by atoms with Crippen LogP contribution in [0.5, 0.6) is 5.75 Å². The molecule has 0 unspecified atom stereocenters. The van der Waals surface area contributed by atoms with E-state index in [9.17, 15) is 18.0 Å². The van der Waals surface area contributed by atoms with Gasteiger partial charge in [0, 0.05) is 29.6 Å². The van der Waals surface area contributed by atoms with E-state index in [-0.39, 0.29) is 17.9 Å². The van der Waals surface area contributed by atoms with Crippen LogP contribution in [0, 0.1) is 5.92 Å². The summed E-state index contributed by atoms with van der Waals surface area (Å²) in [5, 5.41) is 7.00. The summed E-state index contributed by atoms with van der Waals surface area (Å²) in [7, 11) is 1.85. The van der Waals surface area contributed by atoms with Crippen LogP contribution in [0.3, 0.4) is 0 Å². The number of H-pyrrole nitrogens is 1. The highest BCUT2D eigenvalue weighted by Crippen LogP contribution is 2.33. The predicted molar refractivity (Wildman–Crippen MR) is 109 cm³/mol. The lowest BCUT2D eigenvalue weighted by atomic mass is 10.1. The molecule has 1 aliphatic rings. The maximum atomic E-state index is 12.6. The largest absolute Gasteiger partial charge is 0.493 e. The van der Waals surface area contributed by atoms with Crippen LogP contribution in [-0.4, -0.2) is 30.6 Å². The number of fused-ring (bicyclic) bond motifs is 1. The second-order valence-electron chi connectivity index (χ2n) is 7.43. The Morgan fingerprint density at radius 3 is 2.63 bits per heavy atom. The summed E-state index contributed by atoms with van der Waals surface area (Å²) < 4.78 is 43.4. The summed E-state index contributed by atoms with van der Waals surface area (Å²) in [6, 6.07) is 10.8. The zero-order chi connectivity index (χ0) is 21.3. The fourth-order valence-electron chi connectivity index (χ4n) is 3.48. The highest BCUT2D eigenvalue weighted by atomic mass is 19.4. The quantitative estimate of drug-likeness (QED) is 0.535. The number of carbonyl (C=O) groups is 1. The first-order chi connectivity index (χ1) is 14.3. The third-order valence-electron chi connectivity index (χ3n) is 5.34. The molecular weight excluding hydrogens is 395 g/mol. The summed E-state index contributed by atoms with van der Waals surface area (Å²) in [5.41, 5.74) is 1.96. The molecule has 4 rings (SSSR count). The van der Waals surface area contributed by atoms with Crippen LogP contribution < -0.4 is 15.4 Å². The number of ether oxygens (including phenoxy) is 1. The molecule has 0 radical (unpaired) electrons. The number of hydrogen-bond acceptors (Lipinski definition) is 3. The van der Waals surface area contributed by atoms with Crippen molar-refractivity contribution in [1.29, 1.82) is 0 Å². The maximum absolute atomic E-state index is 12.6. The smallest absolute Gasteiger partial charge is 0.416 e. The van der Waals surface area contributed by atoms with Gasteiger partial charge in [-0.1, -0.05) is 6.07 Å². The van der Waals surface area contributed by atoms with Gasteiger partial charge >= 0.3 is 6.18 Å². The second kappa shape index (κ2) is 8.02. The molecule has 0 spiro atoms. The van der Waals surface area contributed by atoms with Crippen molar-refractivity contribution in [3.63, 3.8) is 0 Å². The Bertz CT molecular complexity index is 1040. The number of aromatic amines is 1. The zero-order valence-electron chi connectivity index (χ0n) is 16.3. The van der Waals surface area contributed by atoms with E-state index in [0.717, 1.165) is 40.7 Å². The van der Waals surface area contributed by atoms with Gasteiger partial charge in [-0.15, -0.1) is 0 Å². The first kappa shape index (κ1) is 20.3. The number of alkyl halides is 3. The highest BCUT2D eigenvalue weighted by Gasteiger charge is 2.42. The SMILES string of the molecule is CN[C@@H]1C[C@@H]1C(=O)Nc1c[nH]c2ccc(CCOc3ccc(C(F)(F)F)cc3)cc12. The monoisotopic (exact) mass is 417 g/mol. The van der Waals surface area contributed by atoms with Gasteiger partial charge in [0.1, 0.15) is 5.75 Å². The Morgan fingerprint density at radius 2 is 1.97 bits per heavy atom. The van der Waals surface area contributed by atoms with Crippen LogP contribution in [0.1, 0.15) is 17.5 Å². The minimum Gasteiger partial charge on any atom is -0.493 e. The number of anilines is 1. The van der Waals surface area contributed by atoms with Crippen LogP contribution >= 0.6 is 0 Å². The molecule has 1 saturated carbocycles. The third kappa shape index (κ3) is 4.43. The number of aromatic nitrogens is 1. The van der Waals surface area contributed by atoms with Gasteiger partial charge in [-0.3, -0.25) is 4.79 Å². The standard InChI is InChI=1S/C22H22F3N3O2/c1-26-19-11-17(19)21(29)28-20-12-27-18-7-2-13(10-16(18)20)8-9-30-15-5-3-14(4-6-15)22(23,24)25/h2-7,10,12,17,19,26-27H,8-9,11H2,1H3,(H,28,29)/t17-,19+/m0/s1. The summed E-state index contributed by atoms with van der Waals surface area (Å²) in [5.74, 6) is 0.397. The molecule has 1 aliphatic carbocycles. The van der Waals surface area contributed by atoms with E-state index in [1.54, 1.807) is 6.20 Å². The van der Waals surface area contributed by atoms with Gasteiger partial charge in [-0.25, -0.2) is 0 Å². The third-order valence-corrected chi connectivity index (χ3v) is 5.34. The Kier molecular flexibility index (Phi) is 5.42. The number of benzene rings is 2. The first-order valence-electron chi connectivity index (χ1n) is 9.73. The van der Waals surface area contributed by atoms with Crippen molar-refractivity contribution in [2.24, 2.45) is 5.92 Å². The average molecular weight is 417 g/mol. The molecule has 1 heterocycles. The molecule has 2 aromatic carbocycles. The average Bonchev–Trinajstić information content (AvgIpc) is 3.42. The van der Waals surface area contributed by atoms with E-state index in [4.69, 9.17) is 4.74 Å². The summed E-state index contributed by atoms with van der Waals surface area (Å²) in [4.78, 5) is 15.5. The Balaban J connectivity index is 1.37. The lowest BCUT2D eigenvalue weighted by molar-refractivity contribution is -0.137. The summed E-state index contributed by atoms with van der Waals surface area (Å²) in [6.07, 6.45) is -1.15. The number of halogens is 3. The zero-order valence-corrected chi connectivity index (χ0v) is 16.3. The minimum absolute atomic E-state index is 0.000247. The van der Waals surface area contributed by atoms with Gasteiger partial charge in [0.15, 0.2) is 0 Å². The van der Waals surface area contributed by atoms with Gasteiger partial charge in [0.05, 0.1) is 23.8 Å². The van der Waals surface area contributed by atoms with Crippen molar-refractivity contribution < 1.29 is 22.7 Å². The lowest BCUT2D eigenvalue weighted by Gasteiger charge is -2.09. The molecule has 1 amide bonds. The second-order valence-corrected chi connectivity index (χ2v) is 7.43. The van der Waals surface area contributed by atoms with Gasteiger partial charge < -0.3 is 20.4 Å². The van der Waals surface area contributed by atoms with E-state index >= 15 is 0 Å². The van der Waals surface area contributed by atoms with Gasteiger partial charge in [-0.2, -0.15) is 13.2 Å². The van der Waals surface area contributed by atoms with E-state index in [1.807, 2.05) is 25.2 Å². The topological polar surface area (TPSA) is 66.2 Å². The van der Waals surface area contributed by atoms with Crippen molar-refractivity contribution in [3.8, 4) is 5.75 Å². The number of carbonyl (C=O) groups excluding carboxylic acids is 1. The first-order valence-corrected chi connectivity index (χ1v) is 9.73. The van der Waals surface area contributed by atoms with E-state index in [1.165, 1.54) is 12.1 Å². The Labute approximate surface area is 171 Å². The van der Waals surface area contributed by atoms with Crippen LogP contribution in [0.2, 0.25) is 0 Å². The molecule has 5 nitrogen and oxygen atoms in total. The van der Waals surface area contributed by atoms with Gasteiger partial charge in [0.2, 0.25) is 5.91 Å². The van der Waals surface area contributed by atoms with Crippen molar-refractivity contribution in [2.45, 2.75) is 25.1 Å². The van der Waals surface area contributed by atoms with Gasteiger partial charge in [-0.05, 0) is 55.4 Å². The molecule has 2 atom stereocenters. The molecule has 3 aromatic rings. The molecule has 1 aromatic heterocycles. The molecule has 0 bridgehead atoms. The Hall–Kier alpha value is -3.00. The summed E-state index contributed by atoms with van der Waals surface area (Å²) in [6.45, 7) is 0.328. The van der Waals surface area contributed by atoms with Gasteiger partial charge in [0.25, 0.3) is 0 Å². The number of nitrogens with one attached hydrogen (secondary N) is 3. The predicted octanol–water partition coefficient (Wildman–Crippen LogP) is 4.35. The molecule has 8 heteroatoms. The van der Waals surface area contributed by atoms with Crippen molar-refractivity contribution in [1.82, 2.24) is 10.3 Å². The van der Waals surface area contributed by atoms with E-state index in [0.29, 0.717) is 18.8 Å². The maximum Gasteiger partial charge on any atom is 0.416 e. The van der Waals surface area contributed by atoms with Crippen molar-refractivity contribution >= 4 is 22.5 Å².